The fourth-order valence-corrected chi connectivity index (χ4v) is 3.72. The predicted octanol–water partition coefficient (Wildman–Crippen LogP) is 1.16. The normalized spacial score (nSPS) is 33.2. The monoisotopic (exact) mass is 282 g/mol. The largest absolute Gasteiger partial charge is 1.00 e. The molecule has 0 aromatic heterocycles. The molecule has 6 heteroatoms. The number of rotatable bonds is 2. The van der Waals surface area contributed by atoms with Crippen LogP contribution in [0.25, 0.3) is 0 Å². The molecule has 2 bridgehead atoms. The van der Waals surface area contributed by atoms with Crippen LogP contribution >= 0.6 is 0 Å². The third-order valence-corrected chi connectivity index (χ3v) is 4.53. The Kier molecular flexibility index (Phi) is 3.61. The molecular formula is C12H12BF4K. The van der Waals surface area contributed by atoms with Gasteiger partial charge in [-0.15, -0.1) is 0 Å². The van der Waals surface area contributed by atoms with Gasteiger partial charge in [0.05, 0.1) is 0 Å². The van der Waals surface area contributed by atoms with Crippen molar-refractivity contribution in [2.75, 3.05) is 0 Å². The van der Waals surface area contributed by atoms with Crippen LogP contribution in [0.4, 0.5) is 17.3 Å². The minimum absolute atomic E-state index is 0. The molecule has 3 aliphatic rings. The van der Waals surface area contributed by atoms with Gasteiger partial charge in [0, 0.05) is 0 Å². The summed E-state index contributed by atoms with van der Waals surface area (Å²) < 4.78 is 51.3. The first-order chi connectivity index (χ1) is 7.78. The van der Waals surface area contributed by atoms with E-state index in [1.54, 1.807) is 13.0 Å². The van der Waals surface area contributed by atoms with Crippen LogP contribution in [-0.4, -0.2) is 6.98 Å². The van der Waals surface area contributed by atoms with Gasteiger partial charge in [-0.3, -0.25) is 0 Å². The zero-order valence-electron chi connectivity index (χ0n) is 10.4. The number of halogens is 4. The van der Waals surface area contributed by atoms with Gasteiger partial charge in [-0.25, -0.2) is 4.39 Å². The molecule has 0 N–H and O–H groups in total. The Hall–Kier alpha value is 0.641. The maximum absolute atomic E-state index is 13.0. The van der Waals surface area contributed by atoms with Crippen LogP contribution in [0, 0.1) is 12.7 Å². The van der Waals surface area contributed by atoms with Gasteiger partial charge in [0.25, 0.3) is 0 Å². The van der Waals surface area contributed by atoms with Gasteiger partial charge in [-0.1, -0.05) is 30.6 Å². The molecule has 1 aromatic rings. The average Bonchev–Trinajstić information content (AvgIpc) is 2.01. The number of hydrogen-bond donors (Lipinski definition) is 0. The van der Waals surface area contributed by atoms with Gasteiger partial charge in [0.2, 0.25) is 0 Å². The van der Waals surface area contributed by atoms with Gasteiger partial charge in [-0.2, -0.15) is 0 Å². The van der Waals surface area contributed by atoms with Gasteiger partial charge in [0.1, 0.15) is 5.82 Å². The van der Waals surface area contributed by atoms with E-state index >= 15 is 0 Å². The maximum atomic E-state index is 13.0. The fourth-order valence-electron chi connectivity index (χ4n) is 3.72. The van der Waals surface area contributed by atoms with Crippen LogP contribution in [-0.2, 0) is 5.41 Å². The Bertz CT molecular complexity index is 478. The van der Waals surface area contributed by atoms with Crippen LogP contribution < -0.4 is 51.4 Å². The van der Waals surface area contributed by atoms with Crippen LogP contribution in [0.3, 0.4) is 0 Å². The molecule has 18 heavy (non-hydrogen) atoms. The van der Waals surface area contributed by atoms with E-state index in [9.17, 15) is 17.3 Å². The Morgan fingerprint density at radius 2 is 1.67 bits per heavy atom. The molecule has 0 radical (unpaired) electrons. The molecule has 0 unspecified atom stereocenters. The molecule has 0 nitrogen and oxygen atoms in total. The quantitative estimate of drug-likeness (QED) is 0.564. The predicted molar refractivity (Wildman–Crippen MR) is 58.4 cm³/mol. The number of aryl methyl sites for hydroxylation is 1. The van der Waals surface area contributed by atoms with E-state index in [0.717, 1.165) is 11.1 Å². The Morgan fingerprint density at radius 3 is 2.11 bits per heavy atom. The van der Waals surface area contributed by atoms with E-state index in [1.807, 2.05) is 0 Å². The molecule has 0 heterocycles. The topological polar surface area (TPSA) is 0 Å². The van der Waals surface area contributed by atoms with Crippen molar-refractivity contribution in [3.8, 4) is 0 Å². The van der Waals surface area contributed by atoms with Gasteiger partial charge in [0.15, 0.2) is 0 Å². The van der Waals surface area contributed by atoms with E-state index in [2.05, 4.69) is 0 Å². The van der Waals surface area contributed by atoms with Crippen molar-refractivity contribution in [2.24, 2.45) is 0 Å². The first-order valence-electron chi connectivity index (χ1n) is 5.74. The summed E-state index contributed by atoms with van der Waals surface area (Å²) in [6, 6.07) is 4.40. The van der Waals surface area contributed by atoms with Gasteiger partial charge >= 0.3 is 58.4 Å². The molecule has 1 aromatic carbocycles. The van der Waals surface area contributed by atoms with Crippen LogP contribution in [0.15, 0.2) is 18.2 Å². The molecule has 3 aliphatic carbocycles. The fraction of sp³-hybridized carbons (Fsp3) is 0.500. The second kappa shape index (κ2) is 4.32. The van der Waals surface area contributed by atoms with Crippen molar-refractivity contribution in [3.05, 3.63) is 35.1 Å². The summed E-state index contributed by atoms with van der Waals surface area (Å²) in [5.41, 5.74) is 1.36. The zero-order chi connectivity index (χ0) is 12.5. The Morgan fingerprint density at radius 1 is 1.11 bits per heavy atom. The molecular weight excluding hydrogens is 270 g/mol. The van der Waals surface area contributed by atoms with E-state index in [0.29, 0.717) is 0 Å². The van der Waals surface area contributed by atoms with Crippen LogP contribution in [0.2, 0.25) is 5.31 Å². The molecule has 92 valence electrons. The van der Waals surface area contributed by atoms with Crippen LogP contribution in [0.1, 0.15) is 30.4 Å². The van der Waals surface area contributed by atoms with Crippen LogP contribution in [0.5, 0.6) is 0 Å². The van der Waals surface area contributed by atoms with Crippen molar-refractivity contribution in [2.45, 2.75) is 36.9 Å². The molecule has 4 rings (SSSR count). The number of hydrogen-bond acceptors (Lipinski definition) is 0. The Balaban J connectivity index is 0.00000120. The van der Waals surface area contributed by atoms with Crippen molar-refractivity contribution < 1.29 is 68.7 Å². The third kappa shape index (κ3) is 1.87. The molecule has 0 amide bonds. The van der Waals surface area contributed by atoms with E-state index in [1.165, 1.54) is 12.1 Å². The second-order valence-electron chi connectivity index (χ2n) is 5.71. The summed E-state index contributed by atoms with van der Waals surface area (Å²) >= 11 is 0. The zero-order valence-corrected chi connectivity index (χ0v) is 13.6. The van der Waals surface area contributed by atoms with Gasteiger partial charge < -0.3 is 12.9 Å². The standard InChI is InChI=1S/C12H12BF4.K/c1-8-4-9(14)2-3-10(8)11-5-12(6-11,7-11)13(15,16)17;/h2-4H,5-7H2,1H3;/q-1;+1. The van der Waals surface area contributed by atoms with E-state index < -0.39 is 12.3 Å². The maximum Gasteiger partial charge on any atom is 1.00 e. The summed E-state index contributed by atoms with van der Waals surface area (Å²) in [5.74, 6) is -0.326. The Labute approximate surface area is 146 Å². The minimum Gasteiger partial charge on any atom is -0.449 e. The number of benzene rings is 1. The molecule has 0 atom stereocenters. The summed E-state index contributed by atoms with van der Waals surface area (Å²) in [7, 11) is 0. The first-order valence-corrected chi connectivity index (χ1v) is 5.74. The minimum atomic E-state index is -4.73. The summed E-state index contributed by atoms with van der Waals surface area (Å²) in [6.45, 7) is -2.96. The summed E-state index contributed by atoms with van der Waals surface area (Å²) in [6.07, 6.45) is 0.613. The van der Waals surface area contributed by atoms with E-state index in [-0.39, 0.29) is 81.9 Å². The molecule has 3 fully saturated rings. The van der Waals surface area contributed by atoms with E-state index in [4.69, 9.17) is 0 Å². The van der Waals surface area contributed by atoms with Crippen molar-refractivity contribution in [3.63, 3.8) is 0 Å². The molecule has 0 aliphatic heterocycles. The molecule has 0 saturated heterocycles. The average molecular weight is 282 g/mol. The molecule has 3 saturated carbocycles. The third-order valence-electron chi connectivity index (χ3n) is 4.53. The smallest absolute Gasteiger partial charge is 0.449 e. The second-order valence-corrected chi connectivity index (χ2v) is 5.71. The van der Waals surface area contributed by atoms with Crippen molar-refractivity contribution in [1.29, 1.82) is 0 Å². The summed E-state index contributed by atoms with van der Waals surface area (Å²) in [4.78, 5) is 0. The van der Waals surface area contributed by atoms with Crippen molar-refractivity contribution >= 4 is 6.98 Å². The van der Waals surface area contributed by atoms with Crippen molar-refractivity contribution in [1.82, 2.24) is 0 Å². The molecule has 0 spiro atoms. The van der Waals surface area contributed by atoms with Gasteiger partial charge in [-0.05, 0) is 35.6 Å². The first kappa shape index (κ1) is 15.0. The summed E-state index contributed by atoms with van der Waals surface area (Å²) in [5, 5.41) is -1.37. The SMILES string of the molecule is Cc1cc(F)ccc1C12CC([B-](F)(F)F)(C1)C2.[K+].